The van der Waals surface area contributed by atoms with Gasteiger partial charge in [-0.15, -0.1) is 0 Å². The van der Waals surface area contributed by atoms with Crippen molar-refractivity contribution >= 4 is 33.3 Å². The summed E-state index contributed by atoms with van der Waals surface area (Å²) in [6, 6.07) is 9.97. The van der Waals surface area contributed by atoms with Gasteiger partial charge in [0.25, 0.3) is 0 Å². The van der Waals surface area contributed by atoms with Crippen LogP contribution in [0.15, 0.2) is 34.9 Å². The molecule has 0 spiro atoms. The van der Waals surface area contributed by atoms with Gasteiger partial charge in [-0.25, -0.2) is 0 Å². The highest BCUT2D eigenvalue weighted by atomic mass is 16.5. The SMILES string of the molecule is CN1CCC(CCCOc2ccc3c(ccc4onc([C@H]5CCC(=O)CC5=O)c43)c2)CC1. The van der Waals surface area contributed by atoms with Gasteiger partial charge in [0.05, 0.1) is 24.3 Å². The van der Waals surface area contributed by atoms with E-state index in [2.05, 4.69) is 17.1 Å². The Labute approximate surface area is 187 Å². The molecule has 0 N–H and O–H groups in total. The number of piperidine rings is 1. The molecule has 1 saturated heterocycles. The summed E-state index contributed by atoms with van der Waals surface area (Å²) in [6.07, 6.45) is 5.81. The smallest absolute Gasteiger partial charge is 0.167 e. The number of aromatic nitrogens is 1. The van der Waals surface area contributed by atoms with Gasteiger partial charge in [0, 0.05) is 6.42 Å². The van der Waals surface area contributed by atoms with Crippen LogP contribution in [0.1, 0.15) is 56.6 Å². The summed E-state index contributed by atoms with van der Waals surface area (Å²) in [5.74, 6) is 1.27. The molecule has 6 heteroatoms. The highest BCUT2D eigenvalue weighted by Gasteiger charge is 2.32. The molecule has 6 nitrogen and oxygen atoms in total. The predicted octanol–water partition coefficient (Wildman–Crippen LogP) is 4.89. The van der Waals surface area contributed by atoms with Crippen molar-refractivity contribution in [1.82, 2.24) is 10.1 Å². The largest absolute Gasteiger partial charge is 0.494 e. The second-order valence-corrected chi connectivity index (χ2v) is 9.40. The lowest BCUT2D eigenvalue weighted by Crippen LogP contribution is -2.30. The van der Waals surface area contributed by atoms with Crippen molar-refractivity contribution in [1.29, 1.82) is 0 Å². The van der Waals surface area contributed by atoms with Crippen LogP contribution in [0, 0.1) is 5.92 Å². The van der Waals surface area contributed by atoms with Gasteiger partial charge in [0.1, 0.15) is 23.0 Å². The van der Waals surface area contributed by atoms with Crippen molar-refractivity contribution in [2.75, 3.05) is 26.7 Å². The van der Waals surface area contributed by atoms with Gasteiger partial charge in [-0.1, -0.05) is 11.2 Å². The van der Waals surface area contributed by atoms with Crippen LogP contribution in [0.4, 0.5) is 0 Å². The first-order valence-electron chi connectivity index (χ1n) is 11.8. The number of benzene rings is 2. The van der Waals surface area contributed by atoms with Gasteiger partial charge < -0.3 is 14.2 Å². The first kappa shape index (κ1) is 21.1. The van der Waals surface area contributed by atoms with Crippen molar-refractivity contribution in [2.45, 2.75) is 50.9 Å². The van der Waals surface area contributed by atoms with Gasteiger partial charge in [0.15, 0.2) is 5.58 Å². The van der Waals surface area contributed by atoms with Crippen molar-refractivity contribution in [3.8, 4) is 5.75 Å². The van der Waals surface area contributed by atoms with Crippen LogP contribution in [0.25, 0.3) is 21.7 Å². The summed E-state index contributed by atoms with van der Waals surface area (Å²) in [7, 11) is 2.20. The van der Waals surface area contributed by atoms with E-state index in [0.717, 1.165) is 40.9 Å². The Hall–Kier alpha value is -2.73. The lowest BCUT2D eigenvalue weighted by Gasteiger charge is -2.28. The fourth-order valence-electron chi connectivity index (χ4n) is 5.17. The van der Waals surface area contributed by atoms with Crippen LogP contribution < -0.4 is 4.74 Å². The average Bonchev–Trinajstić information content (AvgIpc) is 3.22. The number of hydrogen-bond acceptors (Lipinski definition) is 6. The highest BCUT2D eigenvalue weighted by molar-refractivity contribution is 6.11. The number of carbonyl (C=O) groups is 2. The second kappa shape index (κ2) is 9.02. The topological polar surface area (TPSA) is 72.6 Å². The fraction of sp³-hybridized carbons (Fsp3) is 0.500. The number of ether oxygens (including phenoxy) is 1. The number of nitrogens with zero attached hydrogens (tertiary/aromatic N) is 2. The summed E-state index contributed by atoms with van der Waals surface area (Å²) in [4.78, 5) is 26.5. The van der Waals surface area contributed by atoms with E-state index in [-0.39, 0.29) is 23.9 Å². The monoisotopic (exact) mass is 434 g/mol. The molecule has 1 aromatic heterocycles. The van der Waals surface area contributed by atoms with E-state index in [4.69, 9.17) is 9.26 Å². The van der Waals surface area contributed by atoms with Crippen molar-refractivity contribution in [3.05, 3.63) is 36.0 Å². The zero-order chi connectivity index (χ0) is 22.1. The van der Waals surface area contributed by atoms with Gasteiger partial charge in [-0.05, 0) is 93.2 Å². The van der Waals surface area contributed by atoms with E-state index < -0.39 is 0 Å². The Morgan fingerprint density at radius 1 is 1.12 bits per heavy atom. The summed E-state index contributed by atoms with van der Waals surface area (Å²) < 4.78 is 11.6. The van der Waals surface area contributed by atoms with Crippen molar-refractivity contribution < 1.29 is 18.8 Å². The Kier molecular flexibility index (Phi) is 5.96. The minimum absolute atomic E-state index is 0.000663. The Morgan fingerprint density at radius 3 is 2.78 bits per heavy atom. The predicted molar refractivity (Wildman–Crippen MR) is 123 cm³/mol. The fourth-order valence-corrected chi connectivity index (χ4v) is 5.17. The van der Waals surface area contributed by atoms with Gasteiger partial charge in [-0.3, -0.25) is 9.59 Å². The van der Waals surface area contributed by atoms with Gasteiger partial charge >= 0.3 is 0 Å². The molecular formula is C26H30N2O4. The van der Waals surface area contributed by atoms with Crippen LogP contribution in [-0.4, -0.2) is 48.4 Å². The maximum Gasteiger partial charge on any atom is 0.167 e. The molecule has 0 unspecified atom stereocenters. The molecule has 1 atom stereocenters. The number of hydrogen-bond donors (Lipinski definition) is 0. The zero-order valence-electron chi connectivity index (χ0n) is 18.6. The molecule has 1 saturated carbocycles. The molecule has 1 aliphatic heterocycles. The van der Waals surface area contributed by atoms with Crippen LogP contribution in [0.3, 0.4) is 0 Å². The van der Waals surface area contributed by atoms with Crippen molar-refractivity contribution in [3.63, 3.8) is 0 Å². The summed E-state index contributed by atoms with van der Waals surface area (Å²) >= 11 is 0. The van der Waals surface area contributed by atoms with Gasteiger partial charge in [0.2, 0.25) is 0 Å². The maximum atomic E-state index is 12.5. The number of rotatable bonds is 6. The second-order valence-electron chi connectivity index (χ2n) is 9.40. The molecule has 2 heterocycles. The van der Waals surface area contributed by atoms with E-state index in [9.17, 15) is 9.59 Å². The minimum Gasteiger partial charge on any atom is -0.494 e. The average molecular weight is 435 g/mol. The quantitative estimate of drug-likeness (QED) is 0.406. The third-order valence-corrected chi connectivity index (χ3v) is 7.12. The third-order valence-electron chi connectivity index (χ3n) is 7.12. The molecular weight excluding hydrogens is 404 g/mol. The van der Waals surface area contributed by atoms with E-state index >= 15 is 0 Å². The Bertz CT molecular complexity index is 1140. The molecule has 1 aliphatic carbocycles. The Morgan fingerprint density at radius 2 is 1.97 bits per heavy atom. The van der Waals surface area contributed by atoms with Gasteiger partial charge in [-0.2, -0.15) is 0 Å². The zero-order valence-corrected chi connectivity index (χ0v) is 18.6. The molecule has 2 aromatic carbocycles. The number of carbonyl (C=O) groups excluding carboxylic acids is 2. The summed E-state index contributed by atoms with van der Waals surface area (Å²) in [6.45, 7) is 3.14. The maximum absolute atomic E-state index is 12.5. The van der Waals surface area contributed by atoms with Crippen LogP contribution >= 0.6 is 0 Å². The number of fused-ring (bicyclic) bond motifs is 3. The molecule has 32 heavy (non-hydrogen) atoms. The molecule has 0 amide bonds. The molecule has 0 radical (unpaired) electrons. The number of ketones is 2. The van der Waals surface area contributed by atoms with E-state index in [1.165, 1.54) is 32.4 Å². The van der Waals surface area contributed by atoms with Crippen LogP contribution in [0.5, 0.6) is 5.75 Å². The highest BCUT2D eigenvalue weighted by Crippen LogP contribution is 2.37. The van der Waals surface area contributed by atoms with Crippen LogP contribution in [-0.2, 0) is 9.59 Å². The van der Waals surface area contributed by atoms with E-state index in [0.29, 0.717) is 24.1 Å². The molecule has 2 fully saturated rings. The normalized spacial score (nSPS) is 21.0. The molecule has 5 rings (SSSR count). The first-order chi connectivity index (χ1) is 15.6. The lowest BCUT2D eigenvalue weighted by atomic mass is 9.83. The van der Waals surface area contributed by atoms with Crippen molar-refractivity contribution in [2.24, 2.45) is 5.92 Å². The van der Waals surface area contributed by atoms with E-state index in [1.807, 2.05) is 30.3 Å². The standard InChI is InChI=1S/C26H30N2O4/c1-28-12-10-17(11-13-28)3-2-14-31-20-6-8-21-18(15-20)4-9-24-25(21)26(27-32-24)22-7-5-19(29)16-23(22)30/h4,6,8-9,15,17,22H,2-3,5,7,10-14,16H2,1H3/t22-/m0/s1. The number of Topliss-reactive ketones (excluding diaryl/α,β-unsaturated/α-hetero) is 2. The molecule has 2 aliphatic rings. The molecule has 0 bridgehead atoms. The first-order valence-corrected chi connectivity index (χ1v) is 11.8. The van der Waals surface area contributed by atoms with Crippen LogP contribution in [0.2, 0.25) is 0 Å². The molecule has 168 valence electrons. The lowest BCUT2D eigenvalue weighted by molar-refractivity contribution is -0.130. The summed E-state index contributed by atoms with van der Waals surface area (Å²) in [5, 5.41) is 7.15. The summed E-state index contributed by atoms with van der Waals surface area (Å²) in [5.41, 5.74) is 1.33. The molecule has 3 aromatic rings. The van der Waals surface area contributed by atoms with E-state index in [1.54, 1.807) is 0 Å². The number of likely N-dealkylation sites (tertiary alicyclic amines) is 1. The third kappa shape index (κ3) is 4.29. The minimum atomic E-state index is -0.366. The Balaban J connectivity index is 1.30.